The number of nitrogens with zero attached hydrogens (tertiary/aromatic N) is 3. The lowest BCUT2D eigenvalue weighted by Crippen LogP contribution is -2.61. The number of alkyl carbamates (subject to hydrolysis) is 1. The van der Waals surface area contributed by atoms with Crippen molar-refractivity contribution in [2.45, 2.75) is 152 Å². The summed E-state index contributed by atoms with van der Waals surface area (Å²) in [4.78, 5) is 67.9. The number of allylic oxidation sites excluding steroid dienone is 1. The van der Waals surface area contributed by atoms with Gasteiger partial charge in [-0.2, -0.15) is 13.2 Å². The number of pyridine rings is 2. The van der Waals surface area contributed by atoms with Gasteiger partial charge in [0, 0.05) is 17.7 Å². The van der Waals surface area contributed by atoms with Gasteiger partial charge in [-0.05, 0) is 122 Å². The summed E-state index contributed by atoms with van der Waals surface area (Å²) in [5.41, 5.74) is -3.80. The average Bonchev–Trinajstić information content (AvgIpc) is 4.15. The van der Waals surface area contributed by atoms with Crippen LogP contribution in [0.25, 0.3) is 22.2 Å². The van der Waals surface area contributed by atoms with Crippen LogP contribution in [-0.2, 0) is 33.9 Å². The van der Waals surface area contributed by atoms with Crippen molar-refractivity contribution >= 4 is 44.6 Å². The summed E-state index contributed by atoms with van der Waals surface area (Å²) >= 11 is 0. The van der Waals surface area contributed by atoms with Crippen LogP contribution in [0.15, 0.2) is 54.7 Å². The number of alkyl halides is 3. The largest absolute Gasteiger partial charge is 0.497 e. The predicted molar refractivity (Wildman–Crippen MR) is 242 cm³/mol. The molecule has 2 aliphatic heterocycles. The predicted octanol–water partition coefficient (Wildman–Crippen LogP) is 6.28. The minimum Gasteiger partial charge on any atom is -0.497 e. The maximum atomic E-state index is 15.1. The summed E-state index contributed by atoms with van der Waals surface area (Å²) < 4.78 is 98.6. The highest BCUT2D eigenvalue weighted by molar-refractivity contribution is 7.91. The zero-order valence-corrected chi connectivity index (χ0v) is 40.1. The number of halogens is 3. The molecule has 0 spiro atoms. The molecule has 0 radical (unpaired) electrons. The van der Waals surface area contributed by atoms with Crippen molar-refractivity contribution < 1.29 is 64.5 Å². The molecule has 1 aromatic carbocycles. The molecule has 3 N–H and O–H groups in total. The van der Waals surface area contributed by atoms with Crippen LogP contribution in [0, 0.1) is 5.92 Å². The van der Waals surface area contributed by atoms with E-state index in [-0.39, 0.29) is 37.8 Å². The van der Waals surface area contributed by atoms with E-state index in [0.717, 1.165) is 4.90 Å². The fraction of sp³-hybridized carbons (Fsp3) is 0.574. The second-order valence-electron chi connectivity index (χ2n) is 19.0. The van der Waals surface area contributed by atoms with E-state index in [1.807, 2.05) is 13.8 Å². The first kappa shape index (κ1) is 50.2. The molecule has 2 aliphatic carbocycles. The third kappa shape index (κ3) is 10.6. The van der Waals surface area contributed by atoms with Crippen molar-refractivity contribution in [2.75, 3.05) is 13.7 Å². The molecule has 7 rings (SSSR count). The summed E-state index contributed by atoms with van der Waals surface area (Å²) in [6, 6.07) is 7.37. The van der Waals surface area contributed by atoms with Gasteiger partial charge in [-0.15, -0.1) is 0 Å². The molecule has 17 nitrogen and oxygen atoms in total. The van der Waals surface area contributed by atoms with E-state index in [9.17, 15) is 36.0 Å². The Hall–Kier alpha value is -5.70. The van der Waals surface area contributed by atoms with Gasteiger partial charge >= 0.3 is 12.3 Å². The summed E-state index contributed by atoms with van der Waals surface area (Å²) in [6.45, 7) is 9.72. The first-order valence-corrected chi connectivity index (χ1v) is 24.2. The Morgan fingerprint density at radius 2 is 1.79 bits per heavy atom. The van der Waals surface area contributed by atoms with Gasteiger partial charge in [0.05, 0.1) is 54.3 Å². The third-order valence-corrected chi connectivity index (χ3v) is 15.1. The van der Waals surface area contributed by atoms with Crippen molar-refractivity contribution in [2.24, 2.45) is 5.92 Å². The lowest BCUT2D eigenvalue weighted by Gasteiger charge is -2.35. The first-order chi connectivity index (χ1) is 31.9. The van der Waals surface area contributed by atoms with E-state index in [4.69, 9.17) is 28.7 Å². The van der Waals surface area contributed by atoms with Gasteiger partial charge in [0.15, 0.2) is 0 Å². The molecule has 1 unspecified atom stereocenters. The topological polar surface area (TPSA) is 214 Å². The van der Waals surface area contributed by atoms with E-state index in [1.54, 1.807) is 68.6 Å². The van der Waals surface area contributed by atoms with Gasteiger partial charge in [-0.3, -0.25) is 24.1 Å². The second kappa shape index (κ2) is 19.0. The Kier molecular flexibility index (Phi) is 14.0. The molecule has 0 bridgehead atoms. The van der Waals surface area contributed by atoms with Crippen LogP contribution in [-0.4, -0.2) is 119 Å². The molecule has 7 atom stereocenters. The van der Waals surface area contributed by atoms with E-state index in [0.29, 0.717) is 73.2 Å². The molecule has 4 amide bonds. The Balaban J connectivity index is 1.28. The number of ether oxygens (including phenoxy) is 5. The quantitative estimate of drug-likeness (QED) is 0.171. The number of fused-ring (bicyclic) bond motifs is 3. The van der Waals surface area contributed by atoms with Gasteiger partial charge in [-0.25, -0.2) is 18.2 Å². The number of hydrogen-bond acceptors (Lipinski definition) is 13. The van der Waals surface area contributed by atoms with Crippen LogP contribution in [0.3, 0.4) is 0 Å². The van der Waals surface area contributed by atoms with Gasteiger partial charge in [0.2, 0.25) is 33.3 Å². The van der Waals surface area contributed by atoms with E-state index in [2.05, 4.69) is 20.3 Å². The zero-order valence-electron chi connectivity index (χ0n) is 39.3. The first-order valence-electron chi connectivity index (χ1n) is 22.8. The maximum absolute atomic E-state index is 15.1. The highest BCUT2D eigenvalue weighted by Crippen LogP contribution is 2.48. The minimum absolute atomic E-state index is 0.0493. The number of carbonyl (C=O) groups excluding carboxylic acids is 4. The van der Waals surface area contributed by atoms with E-state index < -0.39 is 92.2 Å². The van der Waals surface area contributed by atoms with E-state index in [1.165, 1.54) is 14.0 Å². The molecular formula is C47H59F3N6O11S. The standard InChI is InChI=1S/C47H59F3N6O11S/c1-9-37-38(53-43(60)67-44(5,6)47(48,49)50)41(58)56-25-32(66-40-33-16-14-30(63-8)20-28(33)21-35(52-40)34-17-15-31(24-51-34)64-26(2)3)22-36(56)39(57)54-46(23-29(46)13-11-10-12-27(4)65-37)42(59)55-68(61,62)45(7)18-19-45/h11,13-17,20-21,24,26-27,29,32,36-38H,9-10,12,18-19,22-23,25H2,1-8H3,(H,53,60)(H,54,57)(H,55,59)/b13-11-/t27-,29?,32-,36+,37+,38+,46-/m1/s1. The molecule has 21 heteroatoms. The smallest absolute Gasteiger partial charge is 0.427 e. The van der Waals surface area contributed by atoms with Gasteiger partial charge in [-0.1, -0.05) is 19.1 Å². The number of methoxy groups -OCH3 is 1. The van der Waals surface area contributed by atoms with Crippen LogP contribution in [0.1, 0.15) is 93.4 Å². The van der Waals surface area contributed by atoms with Crippen LogP contribution >= 0.6 is 0 Å². The Morgan fingerprint density at radius 3 is 2.43 bits per heavy atom. The molecule has 4 aliphatic rings. The lowest BCUT2D eigenvalue weighted by atomic mass is 10.0. The van der Waals surface area contributed by atoms with Crippen LogP contribution < -0.4 is 29.6 Å². The van der Waals surface area contributed by atoms with Gasteiger partial charge in [0.1, 0.15) is 35.2 Å². The molecule has 4 heterocycles. The van der Waals surface area contributed by atoms with Crippen molar-refractivity contribution in [3.05, 3.63) is 54.7 Å². The number of sulfonamides is 1. The molecule has 370 valence electrons. The molecule has 3 aromatic rings. The molecule has 2 aromatic heterocycles. The van der Waals surface area contributed by atoms with Crippen molar-refractivity contribution in [3.63, 3.8) is 0 Å². The number of nitrogens with one attached hydrogen (secondary N) is 3. The fourth-order valence-electron chi connectivity index (χ4n) is 8.33. The SMILES string of the molecule is CC[C@@H]1O[C@H](C)CC/C=C\C2C[C@@]2(C(=O)NS(=O)(=O)C2(C)CC2)NC(=O)[C@@H]2C[C@@H](Oc3nc(-c4ccc(OC(C)C)cn4)cc4cc(OC)ccc34)CN2C(=O)[C@H]1NC(=O)OC(C)(C)C(F)(F)F. The Morgan fingerprint density at radius 1 is 1.07 bits per heavy atom. The molecule has 68 heavy (non-hydrogen) atoms. The van der Waals surface area contributed by atoms with Crippen molar-refractivity contribution in [1.29, 1.82) is 0 Å². The lowest BCUT2D eigenvalue weighted by molar-refractivity contribution is -0.244. The summed E-state index contributed by atoms with van der Waals surface area (Å²) in [6.07, 6.45) is -2.80. The van der Waals surface area contributed by atoms with Crippen LogP contribution in [0.2, 0.25) is 0 Å². The number of benzene rings is 1. The maximum Gasteiger partial charge on any atom is 0.427 e. The van der Waals surface area contributed by atoms with Crippen LogP contribution in [0.4, 0.5) is 18.0 Å². The second-order valence-corrected chi connectivity index (χ2v) is 21.2. The Labute approximate surface area is 393 Å². The molecular weight excluding hydrogens is 914 g/mol. The highest BCUT2D eigenvalue weighted by atomic mass is 32.2. The minimum atomic E-state index is -4.97. The average molecular weight is 973 g/mol. The normalized spacial score (nSPS) is 26.9. The number of hydrogen-bond donors (Lipinski definition) is 3. The monoisotopic (exact) mass is 972 g/mol. The molecule has 1 saturated heterocycles. The third-order valence-electron chi connectivity index (χ3n) is 13.0. The summed E-state index contributed by atoms with van der Waals surface area (Å²) in [5, 5.41) is 6.31. The fourth-order valence-corrected chi connectivity index (χ4v) is 9.64. The molecule has 2 saturated carbocycles. The van der Waals surface area contributed by atoms with Gasteiger partial charge in [0.25, 0.3) is 5.91 Å². The highest BCUT2D eigenvalue weighted by Gasteiger charge is 2.63. The van der Waals surface area contributed by atoms with Crippen molar-refractivity contribution in [3.8, 4) is 28.8 Å². The molecule has 3 fully saturated rings. The number of amides is 4. The van der Waals surface area contributed by atoms with E-state index >= 15 is 4.79 Å². The number of aromatic nitrogens is 2. The van der Waals surface area contributed by atoms with Gasteiger partial charge < -0.3 is 39.2 Å². The summed E-state index contributed by atoms with van der Waals surface area (Å²) in [7, 11) is -2.62. The Bertz CT molecular complexity index is 2550. The number of rotatable bonds is 12. The summed E-state index contributed by atoms with van der Waals surface area (Å²) in [5.74, 6) is -2.13. The van der Waals surface area contributed by atoms with Crippen molar-refractivity contribution in [1.82, 2.24) is 30.2 Å². The number of carbonyl (C=O) groups is 4. The zero-order chi connectivity index (χ0) is 49.6. The van der Waals surface area contributed by atoms with Crippen LogP contribution in [0.5, 0.6) is 17.4 Å².